The Morgan fingerprint density at radius 2 is 1.87 bits per heavy atom. The van der Waals surface area contributed by atoms with Gasteiger partial charge in [0.05, 0.1) is 28.9 Å². The number of fused-ring (bicyclic) bond motifs is 2. The first-order valence-electron chi connectivity index (χ1n) is 9.21. The summed E-state index contributed by atoms with van der Waals surface area (Å²) in [4.78, 5) is 8.69. The van der Waals surface area contributed by atoms with Gasteiger partial charge < -0.3 is 9.47 Å². The van der Waals surface area contributed by atoms with E-state index in [1.165, 1.54) is 0 Å². The lowest BCUT2D eigenvalue weighted by Crippen LogP contribution is -2.06. The number of benzene rings is 2. The Bertz CT molecular complexity index is 1420. The predicted molar refractivity (Wildman–Crippen MR) is 117 cm³/mol. The van der Waals surface area contributed by atoms with Crippen LogP contribution in [0.1, 0.15) is 5.82 Å². The number of aromatic nitrogens is 6. The topological polar surface area (TPSA) is 87.3 Å². The van der Waals surface area contributed by atoms with Gasteiger partial charge in [0.1, 0.15) is 23.8 Å². The third kappa shape index (κ3) is 3.71. The van der Waals surface area contributed by atoms with Crippen molar-refractivity contribution in [1.82, 2.24) is 29.8 Å². The maximum atomic E-state index is 6.13. The van der Waals surface area contributed by atoms with E-state index < -0.39 is 0 Å². The van der Waals surface area contributed by atoms with Crippen LogP contribution in [0.5, 0.6) is 11.5 Å². The molecule has 0 atom stereocenters. The zero-order valence-corrected chi connectivity index (χ0v) is 17.7. The first-order valence-corrected chi connectivity index (χ1v) is 9.96. The molecule has 154 valence electrons. The van der Waals surface area contributed by atoms with Crippen LogP contribution in [0.4, 0.5) is 0 Å². The fourth-order valence-corrected chi connectivity index (χ4v) is 3.41. The van der Waals surface area contributed by atoms with Gasteiger partial charge in [-0.15, -0.1) is 10.2 Å². The number of halogens is 2. The summed E-state index contributed by atoms with van der Waals surface area (Å²) in [5, 5.41) is 14.6. The van der Waals surface area contributed by atoms with Crippen molar-refractivity contribution >= 4 is 39.9 Å². The van der Waals surface area contributed by atoms with E-state index in [1.807, 2.05) is 24.3 Å². The van der Waals surface area contributed by atoms with E-state index >= 15 is 0 Å². The SMILES string of the molecule is COc1ccc2c(OCc3nnc4ncc(-c5ccc(Cl)c(Cl)c5)nn34)ccnc2c1. The number of rotatable bonds is 5. The maximum Gasteiger partial charge on any atom is 0.272 e. The summed E-state index contributed by atoms with van der Waals surface area (Å²) in [6, 6.07) is 12.7. The molecule has 0 aliphatic rings. The van der Waals surface area contributed by atoms with E-state index in [1.54, 1.807) is 42.2 Å². The summed E-state index contributed by atoms with van der Waals surface area (Å²) in [5.41, 5.74) is 2.15. The molecular weight excluding hydrogens is 439 g/mol. The number of methoxy groups -OCH3 is 1. The second-order valence-corrected chi connectivity index (χ2v) is 7.40. The van der Waals surface area contributed by atoms with Gasteiger partial charge in [-0.25, -0.2) is 4.98 Å². The van der Waals surface area contributed by atoms with Crippen LogP contribution in [0.3, 0.4) is 0 Å². The van der Waals surface area contributed by atoms with Gasteiger partial charge >= 0.3 is 0 Å². The van der Waals surface area contributed by atoms with E-state index in [4.69, 9.17) is 32.7 Å². The van der Waals surface area contributed by atoms with Crippen LogP contribution >= 0.6 is 23.2 Å². The standard InChI is InChI=1S/C21H14Cl2N6O2/c1-30-13-3-4-14-17(9-13)24-7-6-19(14)31-11-20-26-27-21-25-10-18(28-29(20)21)12-2-5-15(22)16(23)8-12/h2-10H,11H2,1H3. The zero-order valence-electron chi connectivity index (χ0n) is 16.2. The molecule has 5 rings (SSSR count). The molecule has 0 N–H and O–H groups in total. The summed E-state index contributed by atoms with van der Waals surface area (Å²) in [6.07, 6.45) is 3.29. The first kappa shape index (κ1) is 19.5. The highest BCUT2D eigenvalue weighted by atomic mass is 35.5. The lowest BCUT2D eigenvalue weighted by atomic mass is 10.2. The van der Waals surface area contributed by atoms with Gasteiger partial charge in [-0.3, -0.25) is 4.98 Å². The molecular formula is C21H14Cl2N6O2. The van der Waals surface area contributed by atoms with Crippen LogP contribution in [0.15, 0.2) is 54.9 Å². The van der Waals surface area contributed by atoms with Gasteiger partial charge in [-0.05, 0) is 30.3 Å². The molecule has 0 spiro atoms. The Kier molecular flexibility index (Phi) is 5.01. The highest BCUT2D eigenvalue weighted by molar-refractivity contribution is 6.42. The lowest BCUT2D eigenvalue weighted by Gasteiger charge is -2.09. The zero-order chi connectivity index (χ0) is 21.4. The van der Waals surface area contributed by atoms with Crippen molar-refractivity contribution < 1.29 is 9.47 Å². The molecule has 0 bridgehead atoms. The Balaban J connectivity index is 1.46. The average molecular weight is 453 g/mol. The fourth-order valence-electron chi connectivity index (χ4n) is 3.11. The highest BCUT2D eigenvalue weighted by Crippen LogP contribution is 2.29. The maximum absolute atomic E-state index is 6.13. The van der Waals surface area contributed by atoms with Crippen LogP contribution < -0.4 is 9.47 Å². The molecule has 0 unspecified atom stereocenters. The van der Waals surface area contributed by atoms with Gasteiger partial charge in [-0.1, -0.05) is 29.3 Å². The van der Waals surface area contributed by atoms with Crippen molar-refractivity contribution in [3.63, 3.8) is 0 Å². The molecule has 5 aromatic rings. The quantitative estimate of drug-likeness (QED) is 0.384. The molecule has 0 radical (unpaired) electrons. The molecule has 0 aliphatic heterocycles. The Labute approximate surface area is 186 Å². The summed E-state index contributed by atoms with van der Waals surface area (Å²) >= 11 is 12.1. The fraction of sp³-hybridized carbons (Fsp3) is 0.0952. The van der Waals surface area contributed by atoms with Gasteiger partial charge in [0, 0.05) is 23.2 Å². The van der Waals surface area contributed by atoms with E-state index in [-0.39, 0.29) is 6.61 Å². The van der Waals surface area contributed by atoms with Crippen molar-refractivity contribution in [2.75, 3.05) is 7.11 Å². The average Bonchev–Trinajstić information content (AvgIpc) is 3.21. The molecule has 3 aromatic heterocycles. The third-order valence-electron chi connectivity index (χ3n) is 4.68. The van der Waals surface area contributed by atoms with Crippen molar-refractivity contribution in [3.8, 4) is 22.8 Å². The minimum atomic E-state index is 0.145. The molecule has 10 heteroatoms. The second-order valence-electron chi connectivity index (χ2n) is 6.58. The molecule has 0 amide bonds. The van der Waals surface area contributed by atoms with Gasteiger partial charge in [0.25, 0.3) is 5.78 Å². The van der Waals surface area contributed by atoms with Crippen molar-refractivity contribution in [3.05, 3.63) is 70.7 Å². The summed E-state index contributed by atoms with van der Waals surface area (Å²) < 4.78 is 12.8. The van der Waals surface area contributed by atoms with Crippen LogP contribution in [0.25, 0.3) is 27.9 Å². The number of hydrogen-bond acceptors (Lipinski definition) is 7. The molecule has 31 heavy (non-hydrogen) atoms. The van der Waals surface area contributed by atoms with Gasteiger partial charge in [0.15, 0.2) is 5.82 Å². The number of nitrogens with zero attached hydrogens (tertiary/aromatic N) is 6. The van der Waals surface area contributed by atoms with E-state index in [0.29, 0.717) is 33.1 Å². The van der Waals surface area contributed by atoms with Crippen LogP contribution in [0, 0.1) is 0 Å². The van der Waals surface area contributed by atoms with Crippen LogP contribution in [0.2, 0.25) is 10.0 Å². The molecule has 8 nitrogen and oxygen atoms in total. The van der Waals surface area contributed by atoms with E-state index in [9.17, 15) is 0 Å². The van der Waals surface area contributed by atoms with Crippen molar-refractivity contribution in [2.24, 2.45) is 0 Å². The Hall–Kier alpha value is -3.49. The normalized spacial score (nSPS) is 11.2. The molecule has 0 saturated heterocycles. The second kappa shape index (κ2) is 7.98. The molecule has 0 aliphatic carbocycles. The van der Waals surface area contributed by atoms with Crippen molar-refractivity contribution in [1.29, 1.82) is 0 Å². The summed E-state index contributed by atoms with van der Waals surface area (Å²) in [5.74, 6) is 2.26. The number of hydrogen-bond donors (Lipinski definition) is 0. The third-order valence-corrected chi connectivity index (χ3v) is 5.42. The predicted octanol–water partition coefficient (Wildman–Crippen LogP) is 4.63. The lowest BCUT2D eigenvalue weighted by molar-refractivity contribution is 0.296. The molecule has 2 aromatic carbocycles. The molecule has 3 heterocycles. The highest BCUT2D eigenvalue weighted by Gasteiger charge is 2.13. The van der Waals surface area contributed by atoms with Gasteiger partial charge in [-0.2, -0.15) is 9.61 Å². The minimum absolute atomic E-state index is 0.145. The largest absolute Gasteiger partial charge is 0.497 e. The smallest absolute Gasteiger partial charge is 0.272 e. The minimum Gasteiger partial charge on any atom is -0.497 e. The van der Waals surface area contributed by atoms with Gasteiger partial charge in [0.2, 0.25) is 0 Å². The van der Waals surface area contributed by atoms with Crippen LogP contribution in [-0.4, -0.2) is 36.9 Å². The van der Waals surface area contributed by atoms with Crippen LogP contribution in [-0.2, 0) is 6.61 Å². The first-order chi connectivity index (χ1) is 15.1. The Morgan fingerprint density at radius 3 is 2.71 bits per heavy atom. The number of pyridine rings is 1. The molecule has 0 saturated carbocycles. The monoisotopic (exact) mass is 452 g/mol. The summed E-state index contributed by atoms with van der Waals surface area (Å²) in [6.45, 7) is 0.145. The number of ether oxygens (including phenoxy) is 2. The molecule has 0 fully saturated rings. The van der Waals surface area contributed by atoms with E-state index in [2.05, 4.69) is 25.3 Å². The van der Waals surface area contributed by atoms with E-state index in [0.717, 1.165) is 22.2 Å². The van der Waals surface area contributed by atoms with Crippen molar-refractivity contribution in [2.45, 2.75) is 6.61 Å². The Morgan fingerprint density at radius 1 is 0.968 bits per heavy atom. The summed E-state index contributed by atoms with van der Waals surface area (Å²) in [7, 11) is 1.62.